The fraction of sp³-hybridized carbons (Fsp3) is 0.667. The summed E-state index contributed by atoms with van der Waals surface area (Å²) in [6.45, 7) is 4.15. The van der Waals surface area contributed by atoms with Crippen molar-refractivity contribution in [1.29, 1.82) is 0 Å². The molecule has 0 aromatic heterocycles. The number of aliphatic hydroxyl groups excluding tert-OH is 3. The third-order valence-corrected chi connectivity index (χ3v) is 5.81. The molecule has 9 N–H and O–H groups in total. The van der Waals surface area contributed by atoms with Gasteiger partial charge in [0.25, 0.3) is 0 Å². The number of nitrogens with two attached hydrogens (primary N) is 1. The van der Waals surface area contributed by atoms with Gasteiger partial charge in [0.2, 0.25) is 11.8 Å². The lowest BCUT2D eigenvalue weighted by Gasteiger charge is -2.43. The number of nitrogens with zero attached hydrogens (tertiary/aromatic N) is 1. The van der Waals surface area contributed by atoms with Crippen molar-refractivity contribution >= 4 is 29.5 Å². The molecule has 3 unspecified atom stereocenters. The Labute approximate surface area is 201 Å². The molecule has 0 aromatic carbocycles. The Morgan fingerprint density at radius 3 is 2.23 bits per heavy atom. The van der Waals surface area contributed by atoms with Crippen molar-refractivity contribution in [2.24, 2.45) is 11.7 Å². The van der Waals surface area contributed by atoms with Gasteiger partial charge in [0.05, 0.1) is 24.7 Å². The van der Waals surface area contributed by atoms with Gasteiger partial charge in [-0.3, -0.25) is 19.2 Å². The van der Waals surface area contributed by atoms with E-state index in [1.807, 2.05) is 0 Å². The minimum absolute atomic E-state index is 0.0158. The van der Waals surface area contributed by atoms with Crippen LogP contribution in [0.25, 0.3) is 0 Å². The number of aliphatic carboxylic acids is 2. The number of aliphatic hydroxyl groups is 4. The van der Waals surface area contributed by atoms with E-state index in [4.69, 9.17) is 10.8 Å². The van der Waals surface area contributed by atoms with E-state index in [2.05, 4.69) is 11.9 Å². The standard InChI is InChI=1S/C21H33N3O11/c1-10(2)19(32)24(7-3-6-22)11(4-5-14(27)28)18(31)23-9-13(26)15-17(30)16(29)12(25)8-21(15,35)20(33)34/h11-12,15-17,25,29-30,35H,1,3-9,22H2,2H3,(H,23,31)(H,27,28)(H,33,34)/t11-,12+,15?,16?,17+,21?/m0/s1. The zero-order valence-electron chi connectivity index (χ0n) is 19.3. The van der Waals surface area contributed by atoms with Crippen LogP contribution in [0.2, 0.25) is 0 Å². The summed E-state index contributed by atoms with van der Waals surface area (Å²) in [5, 5.41) is 60.9. The summed E-state index contributed by atoms with van der Waals surface area (Å²) >= 11 is 0. The number of carbonyl (C=O) groups is 5. The normalized spacial score (nSPS) is 26.9. The van der Waals surface area contributed by atoms with Crippen molar-refractivity contribution in [3.8, 4) is 0 Å². The van der Waals surface area contributed by atoms with E-state index in [-0.39, 0.29) is 31.5 Å². The Morgan fingerprint density at radius 1 is 1.14 bits per heavy atom. The van der Waals surface area contributed by atoms with Gasteiger partial charge >= 0.3 is 11.9 Å². The summed E-state index contributed by atoms with van der Waals surface area (Å²) in [5.41, 5.74) is 2.62. The molecular weight excluding hydrogens is 470 g/mol. The van der Waals surface area contributed by atoms with Crippen molar-refractivity contribution in [2.45, 2.75) is 62.6 Å². The Hall–Kier alpha value is -2.91. The molecule has 0 aromatic rings. The molecule has 0 bridgehead atoms. The third-order valence-electron chi connectivity index (χ3n) is 5.81. The molecule has 198 valence electrons. The number of Topliss-reactive ketones (excluding diaryl/α,β-unsaturated/α-hetero) is 1. The van der Waals surface area contributed by atoms with Crippen LogP contribution in [0.4, 0.5) is 0 Å². The van der Waals surface area contributed by atoms with Gasteiger partial charge in [0, 0.05) is 25.0 Å². The number of amides is 2. The van der Waals surface area contributed by atoms with Crippen molar-refractivity contribution < 1.29 is 54.6 Å². The number of rotatable bonds is 13. The summed E-state index contributed by atoms with van der Waals surface area (Å²) in [7, 11) is 0. The molecule has 2 amide bonds. The molecule has 1 saturated carbocycles. The third kappa shape index (κ3) is 7.29. The van der Waals surface area contributed by atoms with Crippen LogP contribution in [-0.2, 0) is 24.0 Å². The lowest BCUT2D eigenvalue weighted by Crippen LogP contribution is -2.65. The number of nitrogens with one attached hydrogen (secondary N) is 1. The number of ketones is 1. The summed E-state index contributed by atoms with van der Waals surface area (Å²) in [6, 6.07) is -1.35. The molecule has 0 spiro atoms. The highest BCUT2D eigenvalue weighted by molar-refractivity contribution is 5.98. The predicted molar refractivity (Wildman–Crippen MR) is 118 cm³/mol. The zero-order chi connectivity index (χ0) is 27.1. The van der Waals surface area contributed by atoms with Crippen molar-refractivity contribution in [1.82, 2.24) is 10.2 Å². The number of carboxylic acid groups (broad SMARTS) is 2. The Balaban J connectivity index is 3.15. The van der Waals surface area contributed by atoms with Gasteiger partial charge in [-0.15, -0.1) is 0 Å². The van der Waals surface area contributed by atoms with Gasteiger partial charge in [-0.05, 0) is 26.3 Å². The Bertz CT molecular complexity index is 848. The van der Waals surface area contributed by atoms with Gasteiger partial charge in [-0.2, -0.15) is 0 Å². The molecular formula is C21H33N3O11. The fourth-order valence-electron chi connectivity index (χ4n) is 3.95. The average Bonchev–Trinajstić information content (AvgIpc) is 2.77. The minimum Gasteiger partial charge on any atom is -0.481 e. The highest BCUT2D eigenvalue weighted by Gasteiger charge is 2.58. The number of hydrogen-bond donors (Lipinski definition) is 8. The van der Waals surface area contributed by atoms with Crippen LogP contribution in [-0.4, -0.2) is 115 Å². The second-order valence-corrected chi connectivity index (χ2v) is 8.51. The van der Waals surface area contributed by atoms with E-state index in [1.165, 1.54) is 6.92 Å². The van der Waals surface area contributed by atoms with Crippen LogP contribution < -0.4 is 11.1 Å². The topological polar surface area (TPSA) is 248 Å². The monoisotopic (exact) mass is 503 g/mol. The summed E-state index contributed by atoms with van der Waals surface area (Å²) in [5.74, 6) is -8.03. The molecule has 14 nitrogen and oxygen atoms in total. The first-order valence-electron chi connectivity index (χ1n) is 10.9. The molecule has 1 rings (SSSR count). The van der Waals surface area contributed by atoms with Gasteiger partial charge in [-0.1, -0.05) is 6.58 Å². The molecule has 0 saturated heterocycles. The second-order valence-electron chi connectivity index (χ2n) is 8.51. The molecule has 1 aliphatic carbocycles. The molecule has 1 fully saturated rings. The fourth-order valence-corrected chi connectivity index (χ4v) is 3.95. The van der Waals surface area contributed by atoms with E-state index in [0.29, 0.717) is 0 Å². The highest BCUT2D eigenvalue weighted by atomic mass is 16.4. The minimum atomic E-state index is -2.92. The van der Waals surface area contributed by atoms with Crippen LogP contribution in [0.1, 0.15) is 32.6 Å². The van der Waals surface area contributed by atoms with Crippen LogP contribution in [0.5, 0.6) is 0 Å². The highest BCUT2D eigenvalue weighted by Crippen LogP contribution is 2.35. The molecule has 1 aliphatic rings. The van der Waals surface area contributed by atoms with Crippen molar-refractivity contribution in [2.75, 3.05) is 19.6 Å². The quantitative estimate of drug-likeness (QED) is 0.114. The van der Waals surface area contributed by atoms with Crippen LogP contribution in [0.15, 0.2) is 12.2 Å². The smallest absolute Gasteiger partial charge is 0.336 e. The van der Waals surface area contributed by atoms with Gasteiger partial charge in [0.1, 0.15) is 12.1 Å². The molecule has 0 heterocycles. The van der Waals surface area contributed by atoms with E-state index < -0.39 is 84.8 Å². The molecule has 0 radical (unpaired) electrons. The molecule has 35 heavy (non-hydrogen) atoms. The van der Waals surface area contributed by atoms with E-state index in [9.17, 15) is 49.5 Å². The van der Waals surface area contributed by atoms with Gasteiger partial charge in [0.15, 0.2) is 11.4 Å². The molecule has 14 heteroatoms. The largest absolute Gasteiger partial charge is 0.481 e. The second kappa shape index (κ2) is 12.7. The Kier molecular flexibility index (Phi) is 10.9. The van der Waals surface area contributed by atoms with Crippen molar-refractivity contribution in [3.05, 3.63) is 12.2 Å². The van der Waals surface area contributed by atoms with Crippen LogP contribution in [0, 0.1) is 5.92 Å². The maximum Gasteiger partial charge on any atom is 0.336 e. The first-order chi connectivity index (χ1) is 16.2. The lowest BCUT2D eigenvalue weighted by molar-refractivity contribution is -0.209. The number of carbonyl (C=O) groups excluding carboxylic acids is 3. The first-order valence-corrected chi connectivity index (χ1v) is 10.9. The summed E-state index contributed by atoms with van der Waals surface area (Å²) in [6.07, 6.45) is -7.41. The van der Waals surface area contributed by atoms with Crippen molar-refractivity contribution in [3.63, 3.8) is 0 Å². The average molecular weight is 504 g/mol. The Morgan fingerprint density at radius 2 is 1.74 bits per heavy atom. The predicted octanol–water partition coefficient (Wildman–Crippen LogP) is -3.42. The molecule has 6 atom stereocenters. The lowest BCUT2D eigenvalue weighted by atomic mass is 9.69. The van der Waals surface area contributed by atoms with E-state index >= 15 is 0 Å². The maximum atomic E-state index is 12.9. The first kappa shape index (κ1) is 30.1. The number of carboxylic acids is 2. The van der Waals surface area contributed by atoms with E-state index in [1.54, 1.807) is 0 Å². The van der Waals surface area contributed by atoms with Gasteiger partial charge in [-0.25, -0.2) is 4.79 Å². The summed E-state index contributed by atoms with van der Waals surface area (Å²) < 4.78 is 0. The maximum absolute atomic E-state index is 12.9. The molecule has 0 aliphatic heterocycles. The SMILES string of the molecule is C=C(C)C(=O)N(CCCN)[C@@H](CCC(=O)O)C(=O)NCC(=O)C1[C@@H](O)C(O)[C@H](O)CC1(O)C(=O)O. The number of hydrogen-bond acceptors (Lipinski definition) is 10. The van der Waals surface area contributed by atoms with Gasteiger partial charge < -0.3 is 46.6 Å². The summed E-state index contributed by atoms with van der Waals surface area (Å²) in [4.78, 5) is 62.0. The van der Waals surface area contributed by atoms with E-state index in [0.717, 1.165) is 4.90 Å². The zero-order valence-corrected chi connectivity index (χ0v) is 19.3. The van der Waals surface area contributed by atoms with Crippen LogP contribution in [0.3, 0.4) is 0 Å². The van der Waals surface area contributed by atoms with Crippen LogP contribution >= 0.6 is 0 Å².